The zero-order chi connectivity index (χ0) is 20.7. The molecular formula is C24H32N4O2. The lowest BCUT2D eigenvalue weighted by Gasteiger charge is -2.49. The summed E-state index contributed by atoms with van der Waals surface area (Å²) < 4.78 is 8.41. The molecule has 0 saturated carbocycles. The van der Waals surface area contributed by atoms with Gasteiger partial charge in [0.05, 0.1) is 24.7 Å². The molecule has 5 rings (SSSR count). The first-order valence-electron chi connectivity index (χ1n) is 11.2. The molecule has 3 atom stereocenters. The first kappa shape index (κ1) is 19.8. The number of nitrogens with zero attached hydrogens (tertiary/aromatic N) is 4. The predicted molar refractivity (Wildman–Crippen MR) is 115 cm³/mol. The van der Waals surface area contributed by atoms with Gasteiger partial charge >= 0.3 is 0 Å². The molecule has 0 N–H and O–H groups in total. The number of carbonyl (C=O) groups is 1. The van der Waals surface area contributed by atoms with Crippen LogP contribution in [0.25, 0.3) is 0 Å². The van der Waals surface area contributed by atoms with E-state index >= 15 is 0 Å². The van der Waals surface area contributed by atoms with Crippen LogP contribution in [0, 0.1) is 5.92 Å². The summed E-state index contributed by atoms with van der Waals surface area (Å²) in [5.74, 6) is 0.0982. The molecular weight excluding hydrogens is 376 g/mol. The molecule has 3 unspecified atom stereocenters. The van der Waals surface area contributed by atoms with Crippen LogP contribution in [0.4, 0.5) is 0 Å². The number of piperidine rings is 1. The van der Waals surface area contributed by atoms with E-state index in [-0.39, 0.29) is 17.4 Å². The number of hydrogen-bond donors (Lipinski definition) is 0. The van der Waals surface area contributed by atoms with Crippen LogP contribution >= 0.6 is 0 Å². The van der Waals surface area contributed by atoms with Crippen molar-refractivity contribution in [1.82, 2.24) is 19.6 Å². The van der Waals surface area contributed by atoms with Crippen molar-refractivity contribution in [2.75, 3.05) is 27.2 Å². The van der Waals surface area contributed by atoms with Crippen molar-refractivity contribution in [3.05, 3.63) is 53.9 Å². The second-order valence-corrected chi connectivity index (χ2v) is 9.40. The van der Waals surface area contributed by atoms with Crippen molar-refractivity contribution in [2.45, 2.75) is 56.3 Å². The molecule has 0 aliphatic carbocycles. The van der Waals surface area contributed by atoms with Crippen LogP contribution in [0.3, 0.4) is 0 Å². The molecule has 3 aliphatic rings. The van der Waals surface area contributed by atoms with Gasteiger partial charge in [-0.05, 0) is 49.3 Å². The highest BCUT2D eigenvalue weighted by Crippen LogP contribution is 2.50. The minimum Gasteiger partial charge on any atom is -0.370 e. The van der Waals surface area contributed by atoms with Gasteiger partial charge < -0.3 is 9.64 Å². The molecule has 30 heavy (non-hydrogen) atoms. The van der Waals surface area contributed by atoms with Crippen LogP contribution in [-0.4, -0.2) is 64.8 Å². The summed E-state index contributed by atoms with van der Waals surface area (Å²) in [5, 5.41) is 4.35. The Balaban J connectivity index is 1.37. The standard InChI is InChI=1S/C24H32N4O2/c1-26(2)23(29)19(16-27-12-5-11-25-27)17-28-20-8-9-21(28)15-24(14-20)22-7-4-3-6-18(22)10-13-30-24/h3-7,11-12,19-21H,8-10,13-17H2,1-2H3. The van der Waals surface area contributed by atoms with E-state index in [4.69, 9.17) is 4.74 Å². The van der Waals surface area contributed by atoms with E-state index in [1.165, 1.54) is 24.0 Å². The Morgan fingerprint density at radius 1 is 1.20 bits per heavy atom. The fourth-order valence-corrected chi connectivity index (χ4v) is 6.02. The summed E-state index contributed by atoms with van der Waals surface area (Å²) >= 11 is 0. The van der Waals surface area contributed by atoms with E-state index in [0.29, 0.717) is 18.6 Å². The second-order valence-electron chi connectivity index (χ2n) is 9.40. The highest BCUT2D eigenvalue weighted by atomic mass is 16.5. The summed E-state index contributed by atoms with van der Waals surface area (Å²) in [6.07, 6.45) is 9.20. The van der Waals surface area contributed by atoms with Crippen LogP contribution in [0.5, 0.6) is 0 Å². The van der Waals surface area contributed by atoms with Gasteiger partial charge in [-0.15, -0.1) is 0 Å². The van der Waals surface area contributed by atoms with Crippen molar-refractivity contribution >= 4 is 5.91 Å². The Hall–Kier alpha value is -2.18. The number of benzene rings is 1. The Bertz CT molecular complexity index is 880. The quantitative estimate of drug-likeness (QED) is 0.763. The van der Waals surface area contributed by atoms with Crippen LogP contribution in [-0.2, 0) is 28.1 Å². The molecule has 2 aromatic rings. The lowest BCUT2D eigenvalue weighted by atomic mass is 9.76. The van der Waals surface area contributed by atoms with E-state index in [0.717, 1.165) is 32.4 Å². The third-order valence-corrected chi connectivity index (χ3v) is 7.35. The Kier molecular flexibility index (Phi) is 5.15. The molecule has 2 saturated heterocycles. The molecule has 6 heteroatoms. The number of fused-ring (bicyclic) bond motifs is 4. The molecule has 2 bridgehead atoms. The Labute approximate surface area is 178 Å². The maximum atomic E-state index is 13.0. The summed E-state index contributed by atoms with van der Waals surface area (Å²) in [4.78, 5) is 17.3. The average molecular weight is 409 g/mol. The molecule has 6 nitrogen and oxygen atoms in total. The van der Waals surface area contributed by atoms with Crippen LogP contribution in [0.1, 0.15) is 36.8 Å². The van der Waals surface area contributed by atoms with Crippen molar-refractivity contribution in [2.24, 2.45) is 5.92 Å². The number of hydrogen-bond acceptors (Lipinski definition) is 4. The average Bonchev–Trinajstić information content (AvgIpc) is 3.34. The zero-order valence-electron chi connectivity index (χ0n) is 18.0. The molecule has 4 heterocycles. The molecule has 1 aromatic carbocycles. The van der Waals surface area contributed by atoms with Crippen molar-refractivity contribution in [3.8, 4) is 0 Å². The summed E-state index contributed by atoms with van der Waals surface area (Å²) in [7, 11) is 3.70. The highest BCUT2D eigenvalue weighted by molar-refractivity contribution is 5.78. The second kappa shape index (κ2) is 7.82. The van der Waals surface area contributed by atoms with Gasteiger partial charge in [0, 0.05) is 45.1 Å². The highest BCUT2D eigenvalue weighted by Gasteiger charge is 2.51. The van der Waals surface area contributed by atoms with E-state index < -0.39 is 0 Å². The van der Waals surface area contributed by atoms with Gasteiger partial charge in [-0.25, -0.2) is 0 Å². The Morgan fingerprint density at radius 3 is 2.67 bits per heavy atom. The summed E-state index contributed by atoms with van der Waals surface area (Å²) in [6, 6.07) is 11.7. The maximum Gasteiger partial charge on any atom is 0.228 e. The number of amides is 1. The molecule has 160 valence electrons. The molecule has 3 aliphatic heterocycles. The van der Waals surface area contributed by atoms with E-state index in [1.807, 2.05) is 31.0 Å². The molecule has 2 fully saturated rings. The third-order valence-electron chi connectivity index (χ3n) is 7.35. The normalized spacial score (nSPS) is 29.0. The number of rotatable bonds is 5. The van der Waals surface area contributed by atoms with E-state index in [2.05, 4.69) is 34.3 Å². The third kappa shape index (κ3) is 3.46. The van der Waals surface area contributed by atoms with E-state index in [1.54, 1.807) is 11.1 Å². The maximum absolute atomic E-state index is 13.0. The van der Waals surface area contributed by atoms with Gasteiger partial charge in [0.15, 0.2) is 0 Å². The molecule has 0 radical (unpaired) electrons. The largest absolute Gasteiger partial charge is 0.370 e. The zero-order valence-corrected chi connectivity index (χ0v) is 18.0. The topological polar surface area (TPSA) is 50.6 Å². The fourth-order valence-electron chi connectivity index (χ4n) is 6.02. The van der Waals surface area contributed by atoms with Gasteiger partial charge in [-0.1, -0.05) is 24.3 Å². The number of carbonyl (C=O) groups excluding carboxylic acids is 1. The van der Waals surface area contributed by atoms with Crippen LogP contribution in [0.15, 0.2) is 42.7 Å². The summed E-state index contributed by atoms with van der Waals surface area (Å²) in [6.45, 7) is 2.24. The molecule has 1 spiro atoms. The number of ether oxygens (including phenoxy) is 1. The first-order chi connectivity index (χ1) is 14.6. The fraction of sp³-hybridized carbons (Fsp3) is 0.583. The molecule has 1 amide bonds. The minimum absolute atomic E-state index is 0.0865. The monoisotopic (exact) mass is 408 g/mol. The van der Waals surface area contributed by atoms with Crippen molar-refractivity contribution in [3.63, 3.8) is 0 Å². The van der Waals surface area contributed by atoms with Gasteiger partial charge in [-0.3, -0.25) is 14.4 Å². The van der Waals surface area contributed by atoms with E-state index in [9.17, 15) is 4.79 Å². The van der Waals surface area contributed by atoms with Gasteiger partial charge in [0.2, 0.25) is 5.91 Å². The van der Waals surface area contributed by atoms with Crippen LogP contribution in [0.2, 0.25) is 0 Å². The summed E-state index contributed by atoms with van der Waals surface area (Å²) in [5.41, 5.74) is 2.72. The van der Waals surface area contributed by atoms with Crippen molar-refractivity contribution < 1.29 is 9.53 Å². The first-order valence-corrected chi connectivity index (χ1v) is 11.2. The number of aromatic nitrogens is 2. The van der Waals surface area contributed by atoms with Crippen molar-refractivity contribution in [1.29, 1.82) is 0 Å². The predicted octanol–water partition coefficient (Wildman–Crippen LogP) is 2.68. The SMILES string of the molecule is CN(C)C(=O)C(CN1C2CCC1CC1(C2)OCCc2ccccc21)Cn1cccn1. The van der Waals surface area contributed by atoms with Gasteiger partial charge in [0.1, 0.15) is 0 Å². The lowest BCUT2D eigenvalue weighted by Crippen LogP contribution is -2.54. The molecule has 1 aromatic heterocycles. The lowest BCUT2D eigenvalue weighted by molar-refractivity contribution is -0.138. The van der Waals surface area contributed by atoms with Gasteiger partial charge in [-0.2, -0.15) is 5.10 Å². The smallest absolute Gasteiger partial charge is 0.228 e. The van der Waals surface area contributed by atoms with Gasteiger partial charge in [0.25, 0.3) is 0 Å². The minimum atomic E-state index is -0.139. The Morgan fingerprint density at radius 2 is 1.97 bits per heavy atom. The van der Waals surface area contributed by atoms with Crippen LogP contribution < -0.4 is 0 Å².